The summed E-state index contributed by atoms with van der Waals surface area (Å²) in [6, 6.07) is 9.25. The van der Waals surface area contributed by atoms with E-state index in [4.69, 9.17) is 29.8 Å². The first-order valence-corrected chi connectivity index (χ1v) is 12.3. The number of ketones is 1. The van der Waals surface area contributed by atoms with Gasteiger partial charge in [-0.15, -0.1) is 0 Å². The van der Waals surface area contributed by atoms with Gasteiger partial charge in [0.15, 0.2) is 5.78 Å². The van der Waals surface area contributed by atoms with Crippen molar-refractivity contribution in [3.8, 4) is 0 Å². The fourth-order valence-corrected chi connectivity index (χ4v) is 5.39. The third-order valence-corrected chi connectivity index (χ3v) is 6.92. The Morgan fingerprint density at radius 1 is 1.19 bits per heavy atom. The molecule has 2 aliphatic rings. The molecule has 1 aliphatic heterocycles. The van der Waals surface area contributed by atoms with Crippen LogP contribution in [0.3, 0.4) is 0 Å². The summed E-state index contributed by atoms with van der Waals surface area (Å²) in [5.41, 5.74) is 2.91. The van der Waals surface area contributed by atoms with Gasteiger partial charge in [-0.25, -0.2) is 6.57 Å². The summed E-state index contributed by atoms with van der Waals surface area (Å²) < 4.78 is 0. The number of allylic oxidation sites excluding steroid dienone is 1. The molecule has 1 heterocycles. The molecule has 2 aromatic carbocycles. The van der Waals surface area contributed by atoms with Crippen molar-refractivity contribution < 1.29 is 14.4 Å². The fourth-order valence-electron chi connectivity index (χ4n) is 4.88. The van der Waals surface area contributed by atoms with Crippen LogP contribution >= 0.6 is 23.2 Å². The summed E-state index contributed by atoms with van der Waals surface area (Å²) in [5.74, 6) is -0.677. The second-order valence-electron chi connectivity index (χ2n) is 9.79. The van der Waals surface area contributed by atoms with Crippen molar-refractivity contribution in [2.75, 3.05) is 23.3 Å². The number of amides is 2. The van der Waals surface area contributed by atoms with Gasteiger partial charge in [-0.2, -0.15) is 0 Å². The van der Waals surface area contributed by atoms with Crippen molar-refractivity contribution in [1.82, 2.24) is 5.32 Å². The van der Waals surface area contributed by atoms with Crippen LogP contribution in [-0.4, -0.2) is 30.7 Å². The minimum Gasteiger partial charge on any atom is -0.357 e. The molecule has 0 fully saturated rings. The number of carbonyl (C=O) groups excluding carboxylic acids is 3. The Balaban J connectivity index is 1.92. The zero-order valence-electron chi connectivity index (χ0n) is 20.2. The van der Waals surface area contributed by atoms with Gasteiger partial charge in [-0.3, -0.25) is 19.3 Å². The van der Waals surface area contributed by atoms with Crippen molar-refractivity contribution in [2.24, 2.45) is 5.41 Å². The number of anilines is 2. The molecule has 0 radical (unpaired) electrons. The van der Waals surface area contributed by atoms with Crippen LogP contribution in [-0.2, 0) is 9.59 Å². The first-order valence-electron chi connectivity index (χ1n) is 11.6. The van der Waals surface area contributed by atoms with Gasteiger partial charge in [0, 0.05) is 40.2 Å². The molecular formula is C27H26Cl2N4O3. The molecule has 1 aliphatic carbocycles. The smallest absolute Gasteiger partial charge is 0.251 e. The van der Waals surface area contributed by atoms with Gasteiger partial charge in [0.2, 0.25) is 12.5 Å². The van der Waals surface area contributed by atoms with Crippen molar-refractivity contribution in [2.45, 2.75) is 39.7 Å². The van der Waals surface area contributed by atoms with Crippen LogP contribution in [0.1, 0.15) is 55.6 Å². The monoisotopic (exact) mass is 524 g/mol. The zero-order chi connectivity index (χ0) is 26.2. The molecule has 0 spiro atoms. The number of benzene rings is 2. The van der Waals surface area contributed by atoms with Gasteiger partial charge in [-0.1, -0.05) is 43.1 Å². The zero-order valence-corrected chi connectivity index (χ0v) is 21.8. The number of fused-ring (bicyclic) bond motifs is 1. The van der Waals surface area contributed by atoms with E-state index < -0.39 is 6.04 Å². The summed E-state index contributed by atoms with van der Waals surface area (Å²) >= 11 is 12.8. The predicted octanol–water partition coefficient (Wildman–Crippen LogP) is 5.81. The Hall–Kier alpha value is -3.34. The third-order valence-electron chi connectivity index (χ3n) is 6.36. The number of nitrogens with one attached hydrogen (secondary N) is 2. The van der Waals surface area contributed by atoms with E-state index in [1.807, 2.05) is 13.8 Å². The highest BCUT2D eigenvalue weighted by Gasteiger charge is 2.43. The van der Waals surface area contributed by atoms with Crippen molar-refractivity contribution in [1.29, 1.82) is 0 Å². The largest absolute Gasteiger partial charge is 0.357 e. The Morgan fingerprint density at radius 3 is 2.61 bits per heavy atom. The predicted molar refractivity (Wildman–Crippen MR) is 141 cm³/mol. The molecule has 0 saturated heterocycles. The van der Waals surface area contributed by atoms with Crippen molar-refractivity contribution in [3.63, 3.8) is 0 Å². The van der Waals surface area contributed by atoms with Crippen LogP contribution < -0.4 is 15.5 Å². The van der Waals surface area contributed by atoms with E-state index >= 15 is 0 Å². The molecule has 9 heteroatoms. The van der Waals surface area contributed by atoms with E-state index in [2.05, 4.69) is 15.5 Å². The topological polar surface area (TPSA) is 82.9 Å². The van der Waals surface area contributed by atoms with E-state index in [0.29, 0.717) is 56.7 Å². The maximum absolute atomic E-state index is 13.6. The minimum absolute atomic E-state index is 0.0686. The number of halogens is 2. The second kappa shape index (κ2) is 9.96. The molecule has 1 unspecified atom stereocenters. The standard InChI is InChI=1S/C27H26Cl2N4O3/c1-15(34)33-22-8-5-16(26(36)31-10-9-30-4)11-20(22)32-21-13-27(2,3)14-23(35)24(21)25(33)18-7-6-17(28)12-19(18)29/h5-8,11-12,25,32H,9-10,13-14H2,1-3H3,(H,31,36). The Bertz CT molecular complexity index is 1340. The average Bonchev–Trinajstić information content (AvgIpc) is 2.92. The lowest BCUT2D eigenvalue weighted by atomic mass is 9.73. The summed E-state index contributed by atoms with van der Waals surface area (Å²) in [7, 11) is 0. The van der Waals surface area contributed by atoms with Gasteiger partial charge >= 0.3 is 0 Å². The van der Waals surface area contributed by atoms with Crippen molar-refractivity contribution in [3.05, 3.63) is 80.3 Å². The van der Waals surface area contributed by atoms with Gasteiger partial charge in [0.25, 0.3) is 5.91 Å². The van der Waals surface area contributed by atoms with E-state index in [-0.39, 0.29) is 36.1 Å². The first-order chi connectivity index (χ1) is 17.0. The molecular weight excluding hydrogens is 499 g/mol. The van der Waals surface area contributed by atoms with Crippen LogP contribution in [0.15, 0.2) is 47.7 Å². The Labute approximate surface area is 220 Å². The van der Waals surface area contributed by atoms with Gasteiger partial charge in [0.05, 0.1) is 24.0 Å². The number of hydrogen-bond acceptors (Lipinski definition) is 4. The highest BCUT2D eigenvalue weighted by molar-refractivity contribution is 6.35. The molecule has 2 aromatic rings. The quantitative estimate of drug-likeness (QED) is 0.390. The Kier molecular flexibility index (Phi) is 7.12. The third kappa shape index (κ3) is 4.97. The van der Waals surface area contributed by atoms with Crippen LogP contribution in [0.5, 0.6) is 0 Å². The normalized spacial score (nSPS) is 18.4. The summed E-state index contributed by atoms with van der Waals surface area (Å²) in [4.78, 5) is 44.3. The number of rotatable bonds is 4. The van der Waals surface area contributed by atoms with E-state index in [9.17, 15) is 14.4 Å². The fraction of sp³-hybridized carbons (Fsp3) is 0.333. The summed E-state index contributed by atoms with van der Waals surface area (Å²) in [6.07, 6.45) is 0.897. The van der Waals surface area contributed by atoms with E-state index in [1.165, 1.54) is 6.92 Å². The van der Waals surface area contributed by atoms with E-state index in [0.717, 1.165) is 0 Å². The SMILES string of the molecule is [C-]#[N+]CCNC(=O)c1ccc2c(c1)NC1=C(C(=O)CC(C)(C)C1)C(c1ccc(Cl)cc1Cl)N2C(C)=O. The number of carbonyl (C=O) groups is 3. The van der Waals surface area contributed by atoms with Gasteiger partial charge in [0.1, 0.15) is 0 Å². The molecule has 0 aromatic heterocycles. The second-order valence-corrected chi connectivity index (χ2v) is 10.6. The maximum Gasteiger partial charge on any atom is 0.251 e. The van der Waals surface area contributed by atoms with Crippen LogP contribution in [0.4, 0.5) is 11.4 Å². The van der Waals surface area contributed by atoms with Crippen LogP contribution in [0.2, 0.25) is 10.0 Å². The number of nitrogens with zero attached hydrogens (tertiary/aromatic N) is 2. The molecule has 186 valence electrons. The lowest BCUT2D eigenvalue weighted by Crippen LogP contribution is -2.38. The van der Waals surface area contributed by atoms with Crippen molar-refractivity contribution >= 4 is 52.2 Å². The number of hydrogen-bond donors (Lipinski definition) is 2. The highest BCUT2D eigenvalue weighted by atomic mass is 35.5. The molecule has 36 heavy (non-hydrogen) atoms. The lowest BCUT2D eigenvalue weighted by molar-refractivity contribution is -0.118. The molecule has 1 atom stereocenters. The maximum atomic E-state index is 13.6. The first kappa shape index (κ1) is 25.7. The highest BCUT2D eigenvalue weighted by Crippen LogP contribution is 2.49. The minimum atomic E-state index is -0.766. The summed E-state index contributed by atoms with van der Waals surface area (Å²) in [5, 5.41) is 6.91. The molecule has 4 rings (SSSR count). The van der Waals surface area contributed by atoms with Gasteiger partial charge in [-0.05, 0) is 47.7 Å². The number of Topliss-reactive ketones (excluding diaryl/α,β-unsaturated/α-hetero) is 1. The van der Waals surface area contributed by atoms with Crippen LogP contribution in [0.25, 0.3) is 4.85 Å². The molecule has 0 bridgehead atoms. The summed E-state index contributed by atoms with van der Waals surface area (Å²) in [6.45, 7) is 12.8. The molecule has 0 saturated carbocycles. The van der Waals surface area contributed by atoms with Crippen LogP contribution in [0, 0.1) is 12.0 Å². The average molecular weight is 525 g/mol. The Morgan fingerprint density at radius 2 is 1.94 bits per heavy atom. The molecule has 7 nitrogen and oxygen atoms in total. The molecule has 2 amide bonds. The lowest BCUT2D eigenvalue weighted by Gasteiger charge is -2.37. The molecule has 2 N–H and O–H groups in total. The van der Waals surface area contributed by atoms with E-state index in [1.54, 1.807) is 41.3 Å². The van der Waals surface area contributed by atoms with Gasteiger partial charge < -0.3 is 15.5 Å².